The molecule has 7 nitrogen and oxygen atoms in total. The average Bonchev–Trinajstić information content (AvgIpc) is 3.41. The van der Waals surface area contributed by atoms with Gasteiger partial charge in [0.05, 0.1) is 0 Å². The maximum Gasteiger partial charge on any atom is 0.325 e. The summed E-state index contributed by atoms with van der Waals surface area (Å²) in [6, 6.07) is 1.84. The molecule has 4 rings (SSSR count). The minimum atomic E-state index is -0.690. The van der Waals surface area contributed by atoms with E-state index in [-0.39, 0.29) is 11.9 Å². The number of anilines is 1. The number of nitrogens with one attached hydrogen (secondary N) is 1. The van der Waals surface area contributed by atoms with E-state index in [1.807, 2.05) is 0 Å². The van der Waals surface area contributed by atoms with Crippen molar-refractivity contribution in [3.05, 3.63) is 18.1 Å². The number of nitrogens with zero attached hydrogens (tertiary/aromatic N) is 4. The molecule has 3 amide bonds. The topological polar surface area (TPSA) is 78.4 Å². The molecule has 1 spiro atoms. The number of hydrogen-bond donors (Lipinski definition) is 1. The number of amides is 3. The lowest BCUT2D eigenvalue weighted by molar-refractivity contribution is -0.127. The Morgan fingerprint density at radius 3 is 2.60 bits per heavy atom. The van der Waals surface area contributed by atoms with Gasteiger partial charge in [0.2, 0.25) is 0 Å². The first kappa shape index (κ1) is 16.3. The largest absolute Gasteiger partial charge is 0.356 e. The van der Waals surface area contributed by atoms with E-state index < -0.39 is 5.54 Å². The number of urea groups is 1. The predicted molar refractivity (Wildman–Crippen MR) is 93.3 cm³/mol. The van der Waals surface area contributed by atoms with E-state index in [2.05, 4.69) is 40.1 Å². The van der Waals surface area contributed by atoms with Gasteiger partial charge in [0.1, 0.15) is 17.7 Å². The molecule has 1 saturated carbocycles. The van der Waals surface area contributed by atoms with E-state index in [1.165, 1.54) is 12.8 Å². The van der Waals surface area contributed by atoms with E-state index in [9.17, 15) is 9.59 Å². The van der Waals surface area contributed by atoms with Gasteiger partial charge in [0, 0.05) is 37.3 Å². The SMILES string of the molecule is CC(C)CN1C(=O)NC(=O)C12CCN(c1cc(C3CC3)ncn1)CC2. The first-order valence-corrected chi connectivity index (χ1v) is 9.19. The van der Waals surface area contributed by atoms with Crippen molar-refractivity contribution in [3.63, 3.8) is 0 Å². The summed E-state index contributed by atoms with van der Waals surface area (Å²) in [6.07, 6.45) is 5.35. The molecule has 1 aliphatic carbocycles. The molecule has 1 aromatic rings. The highest BCUT2D eigenvalue weighted by molar-refractivity contribution is 6.07. The Hall–Kier alpha value is -2.18. The smallest absolute Gasteiger partial charge is 0.325 e. The molecule has 134 valence electrons. The molecule has 2 aliphatic heterocycles. The van der Waals surface area contributed by atoms with Crippen molar-refractivity contribution in [1.82, 2.24) is 20.2 Å². The zero-order valence-corrected chi connectivity index (χ0v) is 14.9. The minimum Gasteiger partial charge on any atom is -0.356 e. The van der Waals surface area contributed by atoms with E-state index in [0.29, 0.717) is 31.2 Å². The lowest BCUT2D eigenvalue weighted by Crippen LogP contribution is -2.57. The van der Waals surface area contributed by atoms with Gasteiger partial charge >= 0.3 is 6.03 Å². The van der Waals surface area contributed by atoms with E-state index in [0.717, 1.165) is 24.6 Å². The summed E-state index contributed by atoms with van der Waals surface area (Å²) in [5.74, 6) is 1.72. The van der Waals surface area contributed by atoms with Crippen LogP contribution < -0.4 is 10.2 Å². The molecule has 3 heterocycles. The summed E-state index contributed by atoms with van der Waals surface area (Å²) in [5.41, 5.74) is 0.435. The Morgan fingerprint density at radius 2 is 1.96 bits per heavy atom. The van der Waals surface area contributed by atoms with Crippen molar-refractivity contribution in [3.8, 4) is 0 Å². The molecular weight excluding hydrogens is 318 g/mol. The van der Waals surface area contributed by atoms with Crippen LogP contribution in [0.15, 0.2) is 12.4 Å². The van der Waals surface area contributed by atoms with Gasteiger partial charge in [-0.15, -0.1) is 0 Å². The molecular formula is C18H25N5O2. The molecule has 3 fully saturated rings. The second-order valence-corrected chi connectivity index (χ2v) is 7.86. The lowest BCUT2D eigenvalue weighted by Gasteiger charge is -2.43. The number of rotatable bonds is 4. The highest BCUT2D eigenvalue weighted by Gasteiger charge is 2.54. The van der Waals surface area contributed by atoms with Gasteiger partial charge in [-0.25, -0.2) is 14.8 Å². The third-order valence-corrected chi connectivity index (χ3v) is 5.54. The van der Waals surface area contributed by atoms with E-state index in [4.69, 9.17) is 0 Å². The van der Waals surface area contributed by atoms with Gasteiger partial charge in [-0.05, 0) is 31.6 Å². The molecule has 0 radical (unpaired) electrons. The molecule has 0 aromatic carbocycles. The summed E-state index contributed by atoms with van der Waals surface area (Å²) in [7, 11) is 0. The maximum absolute atomic E-state index is 12.5. The van der Waals surface area contributed by atoms with E-state index in [1.54, 1.807) is 11.2 Å². The predicted octanol–water partition coefficient (Wildman–Crippen LogP) is 1.90. The highest BCUT2D eigenvalue weighted by atomic mass is 16.2. The summed E-state index contributed by atoms with van der Waals surface area (Å²) < 4.78 is 0. The summed E-state index contributed by atoms with van der Waals surface area (Å²) >= 11 is 0. The molecule has 0 unspecified atom stereocenters. The Morgan fingerprint density at radius 1 is 1.24 bits per heavy atom. The van der Waals surface area contributed by atoms with Crippen LogP contribution in [0.25, 0.3) is 0 Å². The van der Waals surface area contributed by atoms with Crippen molar-refractivity contribution in [2.45, 2.75) is 51.0 Å². The number of carbonyl (C=O) groups is 2. The highest BCUT2D eigenvalue weighted by Crippen LogP contribution is 2.40. The summed E-state index contributed by atoms with van der Waals surface area (Å²) in [4.78, 5) is 37.5. The fourth-order valence-electron chi connectivity index (χ4n) is 3.96. The van der Waals surface area contributed by atoms with Gasteiger partial charge in [-0.2, -0.15) is 0 Å². The summed E-state index contributed by atoms with van der Waals surface area (Å²) in [6.45, 7) is 6.18. The lowest BCUT2D eigenvalue weighted by atomic mass is 9.85. The van der Waals surface area contributed by atoms with Crippen LogP contribution in [0.5, 0.6) is 0 Å². The van der Waals surface area contributed by atoms with Gasteiger partial charge in [0.15, 0.2) is 0 Å². The second-order valence-electron chi connectivity index (χ2n) is 7.86. The molecule has 0 atom stereocenters. The third kappa shape index (κ3) is 2.85. The van der Waals surface area contributed by atoms with E-state index >= 15 is 0 Å². The number of aromatic nitrogens is 2. The first-order valence-electron chi connectivity index (χ1n) is 9.19. The van der Waals surface area contributed by atoms with Crippen LogP contribution in [0.1, 0.15) is 51.1 Å². The number of carbonyl (C=O) groups excluding carboxylic acids is 2. The van der Waals surface area contributed by atoms with Crippen LogP contribution in [0.3, 0.4) is 0 Å². The minimum absolute atomic E-state index is 0.140. The molecule has 7 heteroatoms. The first-order chi connectivity index (χ1) is 12.0. The molecule has 1 aromatic heterocycles. The number of piperidine rings is 1. The molecule has 2 saturated heterocycles. The van der Waals surface area contributed by atoms with Crippen LogP contribution in [-0.4, -0.2) is 52.0 Å². The third-order valence-electron chi connectivity index (χ3n) is 5.54. The number of imide groups is 1. The maximum atomic E-state index is 12.5. The van der Waals surface area contributed by atoms with Crippen LogP contribution >= 0.6 is 0 Å². The zero-order valence-electron chi connectivity index (χ0n) is 14.9. The fraction of sp³-hybridized carbons (Fsp3) is 0.667. The van der Waals surface area contributed by atoms with Crippen LogP contribution in [0.4, 0.5) is 10.6 Å². The fourth-order valence-corrected chi connectivity index (χ4v) is 3.96. The van der Waals surface area contributed by atoms with Gasteiger partial charge in [0.25, 0.3) is 5.91 Å². The number of hydrogen-bond acceptors (Lipinski definition) is 5. The van der Waals surface area contributed by atoms with Crippen molar-refractivity contribution in [2.24, 2.45) is 5.92 Å². The van der Waals surface area contributed by atoms with Crippen molar-refractivity contribution in [2.75, 3.05) is 24.5 Å². The zero-order chi connectivity index (χ0) is 17.6. The van der Waals surface area contributed by atoms with Crippen LogP contribution in [0, 0.1) is 5.92 Å². The Bertz CT molecular complexity index is 692. The molecule has 3 aliphatic rings. The van der Waals surface area contributed by atoms with Gasteiger partial charge < -0.3 is 9.80 Å². The monoisotopic (exact) mass is 343 g/mol. The Balaban J connectivity index is 1.50. The second kappa shape index (κ2) is 5.97. The Labute approximate surface area is 147 Å². The van der Waals surface area contributed by atoms with Crippen molar-refractivity contribution in [1.29, 1.82) is 0 Å². The van der Waals surface area contributed by atoms with Crippen LogP contribution in [-0.2, 0) is 4.79 Å². The van der Waals surface area contributed by atoms with Gasteiger partial charge in [-0.1, -0.05) is 13.8 Å². The quantitative estimate of drug-likeness (QED) is 0.845. The van der Waals surface area contributed by atoms with Gasteiger partial charge in [-0.3, -0.25) is 10.1 Å². The Kier molecular flexibility index (Phi) is 3.89. The average molecular weight is 343 g/mol. The standard InChI is InChI=1S/C18H25N5O2/c1-12(2)10-23-17(25)21-16(24)18(23)5-7-22(8-6-18)15-9-14(13-3-4-13)19-11-20-15/h9,11-13H,3-8,10H2,1-2H3,(H,21,24,25). The van der Waals surface area contributed by atoms with Crippen molar-refractivity contribution >= 4 is 17.8 Å². The molecule has 25 heavy (non-hydrogen) atoms. The molecule has 0 bridgehead atoms. The van der Waals surface area contributed by atoms with Crippen LogP contribution in [0.2, 0.25) is 0 Å². The van der Waals surface area contributed by atoms with Crippen molar-refractivity contribution < 1.29 is 9.59 Å². The summed E-state index contributed by atoms with van der Waals surface area (Å²) in [5, 5.41) is 2.52. The molecule has 1 N–H and O–H groups in total. The normalized spacial score (nSPS) is 22.8.